The summed E-state index contributed by atoms with van der Waals surface area (Å²) in [6, 6.07) is 3.93. The van der Waals surface area contributed by atoms with Crippen LogP contribution in [0.2, 0.25) is 5.15 Å². The fourth-order valence-corrected chi connectivity index (χ4v) is 1.88. The molecule has 0 unspecified atom stereocenters. The van der Waals surface area contributed by atoms with Crippen LogP contribution in [0.15, 0.2) is 41.8 Å². The van der Waals surface area contributed by atoms with Crippen LogP contribution in [-0.4, -0.2) is 15.0 Å². The van der Waals surface area contributed by atoms with Gasteiger partial charge in [0.1, 0.15) is 5.15 Å². The van der Waals surface area contributed by atoms with Gasteiger partial charge >= 0.3 is 0 Å². The SMILES string of the molecule is Clc1cnc(CSc2ccncc2)cn1. The molecular formula is C10H8ClN3S. The van der Waals surface area contributed by atoms with Gasteiger partial charge < -0.3 is 0 Å². The van der Waals surface area contributed by atoms with Gasteiger partial charge in [0.25, 0.3) is 0 Å². The molecule has 0 bridgehead atoms. The first-order valence-corrected chi connectivity index (χ1v) is 5.70. The Morgan fingerprint density at radius 3 is 2.60 bits per heavy atom. The number of pyridine rings is 1. The molecule has 3 nitrogen and oxygen atoms in total. The van der Waals surface area contributed by atoms with Gasteiger partial charge in [-0.15, -0.1) is 11.8 Å². The fourth-order valence-electron chi connectivity index (χ4n) is 1.01. The summed E-state index contributed by atoms with van der Waals surface area (Å²) in [7, 11) is 0. The van der Waals surface area contributed by atoms with Crippen molar-refractivity contribution >= 4 is 23.4 Å². The van der Waals surface area contributed by atoms with Gasteiger partial charge in [-0.25, -0.2) is 4.98 Å². The van der Waals surface area contributed by atoms with Gasteiger partial charge in [0.05, 0.1) is 18.1 Å². The van der Waals surface area contributed by atoms with E-state index in [0.717, 1.165) is 11.4 Å². The molecule has 0 fully saturated rings. The van der Waals surface area contributed by atoms with E-state index < -0.39 is 0 Å². The molecule has 0 radical (unpaired) electrons. The Balaban J connectivity index is 1.96. The number of thioether (sulfide) groups is 1. The van der Waals surface area contributed by atoms with E-state index in [2.05, 4.69) is 15.0 Å². The molecule has 2 heterocycles. The maximum Gasteiger partial charge on any atom is 0.147 e. The Labute approximate surface area is 96.9 Å². The molecule has 0 N–H and O–H groups in total. The average molecular weight is 238 g/mol. The number of hydrogen-bond donors (Lipinski definition) is 0. The topological polar surface area (TPSA) is 38.7 Å². The average Bonchev–Trinajstić information content (AvgIpc) is 2.30. The minimum absolute atomic E-state index is 0.424. The van der Waals surface area contributed by atoms with E-state index in [1.807, 2.05) is 12.1 Å². The fraction of sp³-hybridized carbons (Fsp3) is 0.100. The molecule has 0 amide bonds. The van der Waals surface area contributed by atoms with Crippen molar-refractivity contribution in [3.05, 3.63) is 47.8 Å². The molecule has 0 saturated heterocycles. The van der Waals surface area contributed by atoms with Crippen molar-refractivity contribution in [3.63, 3.8) is 0 Å². The second-order valence-electron chi connectivity index (χ2n) is 2.80. The van der Waals surface area contributed by atoms with Crippen molar-refractivity contribution in [1.82, 2.24) is 15.0 Å². The standard InChI is InChI=1S/C10H8ClN3S/c11-10-6-13-8(5-14-10)7-15-9-1-3-12-4-2-9/h1-6H,7H2. The highest BCUT2D eigenvalue weighted by Crippen LogP contribution is 2.20. The van der Waals surface area contributed by atoms with Crippen molar-refractivity contribution < 1.29 is 0 Å². The highest BCUT2D eigenvalue weighted by molar-refractivity contribution is 7.98. The lowest BCUT2D eigenvalue weighted by Crippen LogP contribution is -1.88. The molecule has 0 aliphatic carbocycles. The van der Waals surface area contributed by atoms with Gasteiger partial charge in [0, 0.05) is 23.0 Å². The molecule has 0 spiro atoms. The van der Waals surface area contributed by atoms with Gasteiger partial charge in [-0.2, -0.15) is 0 Å². The first kappa shape index (κ1) is 10.4. The monoisotopic (exact) mass is 237 g/mol. The van der Waals surface area contributed by atoms with Crippen molar-refractivity contribution in [1.29, 1.82) is 0 Å². The van der Waals surface area contributed by atoms with Gasteiger partial charge in [-0.3, -0.25) is 9.97 Å². The summed E-state index contributed by atoms with van der Waals surface area (Å²) in [5.41, 5.74) is 0.918. The molecule has 2 rings (SSSR count). The minimum Gasteiger partial charge on any atom is -0.265 e. The van der Waals surface area contributed by atoms with Crippen LogP contribution in [0, 0.1) is 0 Å². The number of rotatable bonds is 3. The summed E-state index contributed by atoms with van der Waals surface area (Å²) < 4.78 is 0. The minimum atomic E-state index is 0.424. The van der Waals surface area contributed by atoms with Crippen LogP contribution in [0.5, 0.6) is 0 Å². The molecule has 5 heteroatoms. The normalized spacial score (nSPS) is 10.2. The zero-order valence-corrected chi connectivity index (χ0v) is 9.37. The smallest absolute Gasteiger partial charge is 0.147 e. The van der Waals surface area contributed by atoms with E-state index in [0.29, 0.717) is 5.15 Å². The maximum atomic E-state index is 5.64. The van der Waals surface area contributed by atoms with Crippen molar-refractivity contribution in [2.75, 3.05) is 0 Å². The van der Waals surface area contributed by atoms with Crippen molar-refractivity contribution in [2.45, 2.75) is 10.6 Å². The molecular weight excluding hydrogens is 230 g/mol. The van der Waals surface area contributed by atoms with Gasteiger partial charge in [-0.1, -0.05) is 11.6 Å². The molecule has 0 atom stereocenters. The Morgan fingerprint density at radius 2 is 1.93 bits per heavy atom. The summed E-state index contributed by atoms with van der Waals surface area (Å²) in [4.78, 5) is 13.3. The highest BCUT2D eigenvalue weighted by atomic mass is 35.5. The number of hydrogen-bond acceptors (Lipinski definition) is 4. The van der Waals surface area contributed by atoms with Crippen LogP contribution in [0.4, 0.5) is 0 Å². The van der Waals surface area contributed by atoms with E-state index in [9.17, 15) is 0 Å². The Hall–Kier alpha value is -1.13. The zero-order chi connectivity index (χ0) is 10.5. The summed E-state index contributed by atoms with van der Waals surface area (Å²) in [5.74, 6) is 0.786. The van der Waals surface area contributed by atoms with E-state index in [1.54, 1.807) is 36.5 Å². The largest absolute Gasteiger partial charge is 0.265 e. The molecule has 0 aliphatic heterocycles. The molecule has 0 aromatic carbocycles. The third-order valence-corrected chi connectivity index (χ3v) is 2.95. The van der Waals surface area contributed by atoms with Gasteiger partial charge in [0.15, 0.2) is 0 Å². The van der Waals surface area contributed by atoms with E-state index in [-0.39, 0.29) is 0 Å². The maximum absolute atomic E-state index is 5.64. The Kier molecular flexibility index (Phi) is 3.53. The lowest BCUT2D eigenvalue weighted by molar-refractivity contribution is 1.10. The van der Waals surface area contributed by atoms with Crippen molar-refractivity contribution in [2.24, 2.45) is 0 Å². The van der Waals surface area contributed by atoms with Crippen LogP contribution in [0.1, 0.15) is 5.69 Å². The Bertz CT molecular complexity index is 418. The number of nitrogens with zero attached hydrogens (tertiary/aromatic N) is 3. The summed E-state index contributed by atoms with van der Waals surface area (Å²) in [6.45, 7) is 0. The summed E-state index contributed by atoms with van der Waals surface area (Å²) in [5, 5.41) is 0.424. The number of halogens is 1. The summed E-state index contributed by atoms with van der Waals surface area (Å²) >= 11 is 7.33. The molecule has 15 heavy (non-hydrogen) atoms. The lowest BCUT2D eigenvalue weighted by atomic mass is 10.5. The molecule has 76 valence electrons. The Morgan fingerprint density at radius 1 is 1.13 bits per heavy atom. The first-order valence-electron chi connectivity index (χ1n) is 4.34. The quantitative estimate of drug-likeness (QED) is 0.770. The number of aromatic nitrogens is 3. The molecule has 2 aromatic heterocycles. The van der Waals surface area contributed by atoms with E-state index in [4.69, 9.17) is 11.6 Å². The van der Waals surface area contributed by atoms with Gasteiger partial charge in [-0.05, 0) is 12.1 Å². The third-order valence-electron chi connectivity index (χ3n) is 1.71. The van der Waals surface area contributed by atoms with Crippen LogP contribution in [0.25, 0.3) is 0 Å². The predicted molar refractivity (Wildman–Crippen MR) is 60.8 cm³/mol. The molecule has 2 aromatic rings. The van der Waals surface area contributed by atoms with Crippen LogP contribution >= 0.6 is 23.4 Å². The summed E-state index contributed by atoms with van der Waals surface area (Å²) in [6.07, 6.45) is 6.80. The van der Waals surface area contributed by atoms with Crippen LogP contribution in [-0.2, 0) is 5.75 Å². The third kappa shape index (κ3) is 3.18. The first-order chi connectivity index (χ1) is 7.34. The lowest BCUT2D eigenvalue weighted by Gasteiger charge is -2.00. The van der Waals surface area contributed by atoms with Gasteiger partial charge in [0.2, 0.25) is 0 Å². The van der Waals surface area contributed by atoms with Crippen LogP contribution < -0.4 is 0 Å². The van der Waals surface area contributed by atoms with E-state index >= 15 is 0 Å². The second-order valence-corrected chi connectivity index (χ2v) is 4.24. The molecule has 0 aliphatic rings. The second kappa shape index (κ2) is 5.09. The van der Waals surface area contributed by atoms with Crippen LogP contribution in [0.3, 0.4) is 0 Å². The van der Waals surface area contributed by atoms with E-state index in [1.165, 1.54) is 4.90 Å². The predicted octanol–water partition coefficient (Wildman–Crippen LogP) is 2.82. The van der Waals surface area contributed by atoms with Crippen molar-refractivity contribution in [3.8, 4) is 0 Å². The molecule has 0 saturated carbocycles. The highest BCUT2D eigenvalue weighted by Gasteiger charge is 1.97. The zero-order valence-electron chi connectivity index (χ0n) is 7.80.